The van der Waals surface area contributed by atoms with E-state index in [0.29, 0.717) is 47.4 Å². The van der Waals surface area contributed by atoms with E-state index in [0.717, 1.165) is 23.1 Å². The second-order valence-electron chi connectivity index (χ2n) is 9.43. The van der Waals surface area contributed by atoms with Crippen LogP contribution >= 0.6 is 0 Å². The molecule has 0 saturated heterocycles. The van der Waals surface area contributed by atoms with Crippen molar-refractivity contribution in [3.05, 3.63) is 76.9 Å². The van der Waals surface area contributed by atoms with Crippen LogP contribution in [0.2, 0.25) is 0 Å². The first-order valence-corrected chi connectivity index (χ1v) is 12.0. The first-order valence-electron chi connectivity index (χ1n) is 12.0. The molecule has 1 aliphatic rings. The number of fused-ring (bicyclic) bond motifs is 1. The van der Waals surface area contributed by atoms with Gasteiger partial charge in [-0.3, -0.25) is 4.79 Å². The summed E-state index contributed by atoms with van der Waals surface area (Å²) < 4.78 is 22.5. The maximum Gasteiger partial charge on any atom is 0.347 e. The molecule has 0 radical (unpaired) electrons. The first kappa shape index (κ1) is 25.9. The molecule has 0 bridgehead atoms. The Bertz CT molecular complexity index is 1330. The van der Waals surface area contributed by atoms with Crippen molar-refractivity contribution in [3.63, 3.8) is 0 Å². The fourth-order valence-electron chi connectivity index (χ4n) is 4.19. The summed E-state index contributed by atoms with van der Waals surface area (Å²) in [5.41, 5.74) is 2.09. The first-order chi connectivity index (χ1) is 17.6. The molecule has 3 aromatic carbocycles. The molecule has 8 nitrogen and oxygen atoms in total. The Morgan fingerprint density at radius 2 is 1.57 bits per heavy atom. The highest BCUT2D eigenvalue weighted by atomic mass is 16.5. The highest BCUT2D eigenvalue weighted by molar-refractivity contribution is 5.94. The zero-order valence-corrected chi connectivity index (χ0v) is 21.7. The van der Waals surface area contributed by atoms with Crippen LogP contribution in [0.1, 0.15) is 40.9 Å². The standard InChI is InChI=1S/C29H31NO7/c1-18-13-23(9-10-24(18)37-29(2,3)28(32)33)36-22-8-6-7-20(14-22)27(31)30-12-11-19-15-25(34-4)26(35-5)16-21(19)17-30/h6-10,13-16H,11-12,17H2,1-5H3,(H,32,33). The Morgan fingerprint density at radius 3 is 2.22 bits per heavy atom. The smallest absolute Gasteiger partial charge is 0.347 e. The van der Waals surface area contributed by atoms with Gasteiger partial charge in [0, 0.05) is 18.7 Å². The Labute approximate surface area is 216 Å². The molecule has 3 aromatic rings. The minimum atomic E-state index is -1.35. The van der Waals surface area contributed by atoms with Crippen LogP contribution in [0.5, 0.6) is 28.7 Å². The van der Waals surface area contributed by atoms with E-state index in [9.17, 15) is 14.7 Å². The number of ether oxygens (including phenoxy) is 4. The van der Waals surface area contributed by atoms with Crippen LogP contribution in [0.25, 0.3) is 0 Å². The molecule has 0 atom stereocenters. The molecule has 37 heavy (non-hydrogen) atoms. The summed E-state index contributed by atoms with van der Waals surface area (Å²) in [4.78, 5) is 26.5. The number of methoxy groups -OCH3 is 2. The largest absolute Gasteiger partial charge is 0.493 e. The van der Waals surface area contributed by atoms with E-state index in [1.54, 1.807) is 56.7 Å². The second-order valence-corrected chi connectivity index (χ2v) is 9.43. The molecule has 0 spiro atoms. The Balaban J connectivity index is 1.48. The molecule has 4 rings (SSSR count). The molecule has 0 fully saturated rings. The van der Waals surface area contributed by atoms with Crippen molar-refractivity contribution in [3.8, 4) is 28.7 Å². The van der Waals surface area contributed by atoms with Crippen molar-refractivity contribution in [1.82, 2.24) is 4.90 Å². The Hall–Kier alpha value is -4.20. The third-order valence-electron chi connectivity index (χ3n) is 6.35. The van der Waals surface area contributed by atoms with Gasteiger partial charge in [0.25, 0.3) is 5.91 Å². The molecule has 1 heterocycles. The van der Waals surface area contributed by atoms with Gasteiger partial charge in [-0.15, -0.1) is 0 Å². The van der Waals surface area contributed by atoms with Gasteiger partial charge in [-0.05, 0) is 92.4 Å². The summed E-state index contributed by atoms with van der Waals surface area (Å²) in [7, 11) is 3.21. The summed E-state index contributed by atoms with van der Waals surface area (Å²) in [6, 6.07) is 16.1. The lowest BCUT2D eigenvalue weighted by Gasteiger charge is -2.29. The molecule has 0 saturated carbocycles. The number of carboxylic acids is 1. The Morgan fingerprint density at radius 1 is 0.892 bits per heavy atom. The fourth-order valence-corrected chi connectivity index (χ4v) is 4.19. The highest BCUT2D eigenvalue weighted by Crippen LogP contribution is 2.34. The van der Waals surface area contributed by atoms with Crippen LogP contribution < -0.4 is 18.9 Å². The average Bonchev–Trinajstić information content (AvgIpc) is 2.88. The number of aliphatic carboxylic acids is 1. The lowest BCUT2D eigenvalue weighted by atomic mass is 9.98. The van der Waals surface area contributed by atoms with Crippen LogP contribution in [0.3, 0.4) is 0 Å². The van der Waals surface area contributed by atoms with E-state index in [1.165, 1.54) is 13.8 Å². The maximum absolute atomic E-state index is 13.3. The van der Waals surface area contributed by atoms with Crippen LogP contribution in [0.4, 0.5) is 0 Å². The quantitative estimate of drug-likeness (QED) is 0.447. The molecule has 8 heteroatoms. The van der Waals surface area contributed by atoms with E-state index in [-0.39, 0.29) is 5.91 Å². The summed E-state index contributed by atoms with van der Waals surface area (Å²) in [6.07, 6.45) is 0.726. The van der Waals surface area contributed by atoms with Gasteiger partial charge in [0.1, 0.15) is 17.2 Å². The molecule has 1 aliphatic heterocycles. The number of carbonyl (C=O) groups is 2. The van der Waals surface area contributed by atoms with E-state index in [4.69, 9.17) is 18.9 Å². The minimum absolute atomic E-state index is 0.0817. The number of rotatable bonds is 8. The third-order valence-corrected chi connectivity index (χ3v) is 6.35. The predicted molar refractivity (Wildman–Crippen MR) is 138 cm³/mol. The molecule has 194 valence electrons. The van der Waals surface area contributed by atoms with E-state index >= 15 is 0 Å². The van der Waals surface area contributed by atoms with Crippen molar-refractivity contribution < 1.29 is 33.6 Å². The molecular weight excluding hydrogens is 474 g/mol. The SMILES string of the molecule is COc1cc2c(cc1OC)CN(C(=O)c1cccc(Oc3ccc(OC(C)(C)C(=O)O)c(C)c3)c1)CC2. The summed E-state index contributed by atoms with van der Waals surface area (Å²) in [5, 5.41) is 9.31. The lowest BCUT2D eigenvalue weighted by molar-refractivity contribution is -0.152. The minimum Gasteiger partial charge on any atom is -0.493 e. The van der Waals surface area contributed by atoms with Crippen LogP contribution in [-0.2, 0) is 17.8 Å². The third kappa shape index (κ3) is 5.63. The van der Waals surface area contributed by atoms with Gasteiger partial charge in [0.15, 0.2) is 17.1 Å². The Kier molecular flexibility index (Phi) is 7.29. The summed E-state index contributed by atoms with van der Waals surface area (Å²) in [5.74, 6) is 1.73. The number of carbonyl (C=O) groups excluding carboxylic acids is 1. The fraction of sp³-hybridized carbons (Fsp3) is 0.310. The van der Waals surface area contributed by atoms with Gasteiger partial charge in [-0.25, -0.2) is 4.79 Å². The zero-order chi connectivity index (χ0) is 26.7. The van der Waals surface area contributed by atoms with Gasteiger partial charge < -0.3 is 29.0 Å². The van der Waals surface area contributed by atoms with Gasteiger partial charge in [0.05, 0.1) is 14.2 Å². The number of hydrogen-bond acceptors (Lipinski definition) is 6. The second kappa shape index (κ2) is 10.4. The normalized spacial score (nSPS) is 12.9. The lowest BCUT2D eigenvalue weighted by Crippen LogP contribution is -2.38. The molecular formula is C29H31NO7. The van der Waals surface area contributed by atoms with Gasteiger partial charge in [-0.2, -0.15) is 0 Å². The van der Waals surface area contributed by atoms with E-state index in [1.807, 2.05) is 24.0 Å². The van der Waals surface area contributed by atoms with Crippen molar-refractivity contribution in [2.75, 3.05) is 20.8 Å². The van der Waals surface area contributed by atoms with Gasteiger partial charge >= 0.3 is 5.97 Å². The average molecular weight is 506 g/mol. The summed E-state index contributed by atoms with van der Waals surface area (Å²) in [6.45, 7) is 5.89. The number of hydrogen-bond donors (Lipinski definition) is 1. The van der Waals surface area contributed by atoms with E-state index in [2.05, 4.69) is 0 Å². The highest BCUT2D eigenvalue weighted by Gasteiger charge is 2.30. The van der Waals surface area contributed by atoms with Crippen molar-refractivity contribution >= 4 is 11.9 Å². The van der Waals surface area contributed by atoms with Crippen LogP contribution in [-0.4, -0.2) is 48.2 Å². The van der Waals surface area contributed by atoms with Gasteiger partial charge in [0.2, 0.25) is 0 Å². The number of benzene rings is 3. The molecule has 0 aliphatic carbocycles. The number of aryl methyl sites for hydroxylation is 1. The van der Waals surface area contributed by atoms with Crippen molar-refractivity contribution in [1.29, 1.82) is 0 Å². The monoisotopic (exact) mass is 505 g/mol. The maximum atomic E-state index is 13.3. The van der Waals surface area contributed by atoms with Crippen molar-refractivity contribution in [2.45, 2.75) is 39.3 Å². The summed E-state index contributed by atoms with van der Waals surface area (Å²) >= 11 is 0. The predicted octanol–water partition coefficient (Wildman–Crippen LogP) is 5.25. The zero-order valence-electron chi connectivity index (χ0n) is 21.7. The number of nitrogens with zero attached hydrogens (tertiary/aromatic N) is 1. The van der Waals surface area contributed by atoms with E-state index < -0.39 is 11.6 Å². The van der Waals surface area contributed by atoms with Crippen LogP contribution in [0.15, 0.2) is 54.6 Å². The number of carboxylic acid groups (broad SMARTS) is 1. The van der Waals surface area contributed by atoms with Crippen molar-refractivity contribution in [2.24, 2.45) is 0 Å². The molecule has 1 N–H and O–H groups in total. The topological polar surface area (TPSA) is 94.5 Å². The molecule has 1 amide bonds. The molecule has 0 unspecified atom stereocenters. The van der Waals surface area contributed by atoms with Crippen LogP contribution in [0, 0.1) is 6.92 Å². The number of amides is 1. The molecule has 0 aromatic heterocycles. The van der Waals surface area contributed by atoms with Gasteiger partial charge in [-0.1, -0.05) is 6.07 Å².